The first-order valence-corrected chi connectivity index (χ1v) is 9.44. The molecule has 5 heteroatoms. The largest absolute Gasteiger partial charge is 0.354 e. The molecule has 2 aromatic rings. The van der Waals surface area contributed by atoms with E-state index in [4.69, 9.17) is 0 Å². The Labute approximate surface area is 156 Å². The standard InChI is InChI=1S/C21H28N4O/c1-4-16-7-6-8-17(5-2)20(16)23-21(26)18-9-10-19(22-15-18)25-13-11-24(3)12-14-25/h6-10,15H,4-5,11-14H2,1-3H3,(H,23,26). The lowest BCUT2D eigenvalue weighted by atomic mass is 10.0. The molecule has 0 bridgehead atoms. The van der Waals surface area contributed by atoms with Crippen LogP contribution in [0.25, 0.3) is 0 Å². The Morgan fingerprint density at radius 3 is 2.23 bits per heavy atom. The van der Waals surface area contributed by atoms with Gasteiger partial charge in [0.15, 0.2) is 0 Å². The van der Waals surface area contributed by atoms with Crippen LogP contribution in [0.15, 0.2) is 36.5 Å². The third kappa shape index (κ3) is 4.05. The fraction of sp³-hybridized carbons (Fsp3) is 0.429. The number of carbonyl (C=O) groups is 1. The summed E-state index contributed by atoms with van der Waals surface area (Å²) < 4.78 is 0. The van der Waals surface area contributed by atoms with Crippen LogP contribution < -0.4 is 10.2 Å². The van der Waals surface area contributed by atoms with E-state index in [2.05, 4.69) is 59.2 Å². The van der Waals surface area contributed by atoms with Crippen molar-refractivity contribution in [2.24, 2.45) is 0 Å². The number of hydrogen-bond acceptors (Lipinski definition) is 4. The van der Waals surface area contributed by atoms with E-state index < -0.39 is 0 Å². The van der Waals surface area contributed by atoms with Gasteiger partial charge in [-0.05, 0) is 43.1 Å². The van der Waals surface area contributed by atoms with Crippen LogP contribution in [-0.2, 0) is 12.8 Å². The Hall–Kier alpha value is -2.40. The number of aromatic nitrogens is 1. The predicted molar refractivity (Wildman–Crippen MR) is 107 cm³/mol. The number of para-hydroxylation sites is 1. The average molecular weight is 352 g/mol. The van der Waals surface area contributed by atoms with Crippen molar-refractivity contribution in [3.05, 3.63) is 53.2 Å². The molecular weight excluding hydrogens is 324 g/mol. The molecule has 0 unspecified atom stereocenters. The number of likely N-dealkylation sites (N-methyl/N-ethyl adjacent to an activating group) is 1. The van der Waals surface area contributed by atoms with E-state index >= 15 is 0 Å². The van der Waals surface area contributed by atoms with Crippen molar-refractivity contribution in [3.63, 3.8) is 0 Å². The van der Waals surface area contributed by atoms with Crippen LogP contribution in [0.3, 0.4) is 0 Å². The third-order valence-electron chi connectivity index (χ3n) is 5.07. The first kappa shape index (κ1) is 18.4. The van der Waals surface area contributed by atoms with Crippen molar-refractivity contribution >= 4 is 17.4 Å². The Morgan fingerprint density at radius 1 is 1.04 bits per heavy atom. The van der Waals surface area contributed by atoms with Crippen LogP contribution in [-0.4, -0.2) is 49.0 Å². The second kappa shape index (κ2) is 8.32. The predicted octanol–water partition coefficient (Wildman–Crippen LogP) is 3.21. The van der Waals surface area contributed by atoms with Gasteiger partial charge in [-0.15, -0.1) is 0 Å². The molecule has 1 amide bonds. The molecule has 0 aliphatic carbocycles. The molecule has 138 valence electrons. The summed E-state index contributed by atoms with van der Waals surface area (Å²) in [6.45, 7) is 8.24. The van der Waals surface area contributed by atoms with Gasteiger partial charge in [0, 0.05) is 38.1 Å². The molecule has 1 aromatic carbocycles. The van der Waals surface area contributed by atoms with Crippen molar-refractivity contribution in [2.45, 2.75) is 26.7 Å². The van der Waals surface area contributed by atoms with Gasteiger partial charge in [-0.1, -0.05) is 32.0 Å². The van der Waals surface area contributed by atoms with E-state index in [9.17, 15) is 4.79 Å². The number of pyridine rings is 1. The summed E-state index contributed by atoms with van der Waals surface area (Å²) in [4.78, 5) is 21.8. The van der Waals surface area contributed by atoms with Crippen LogP contribution in [0.2, 0.25) is 0 Å². The number of carbonyl (C=O) groups excluding carboxylic acids is 1. The second-order valence-corrected chi connectivity index (χ2v) is 6.81. The molecule has 0 spiro atoms. The fourth-order valence-electron chi connectivity index (χ4n) is 3.33. The Bertz CT molecular complexity index is 727. The molecule has 0 saturated carbocycles. The first-order chi connectivity index (χ1) is 12.6. The summed E-state index contributed by atoms with van der Waals surface area (Å²) in [6, 6.07) is 10.0. The van der Waals surface area contributed by atoms with Gasteiger partial charge >= 0.3 is 0 Å². The number of rotatable bonds is 5. The number of piperazine rings is 1. The molecular formula is C21H28N4O. The van der Waals surface area contributed by atoms with Crippen LogP contribution in [0.4, 0.5) is 11.5 Å². The number of amides is 1. The molecule has 0 atom stereocenters. The van der Waals surface area contributed by atoms with Crippen LogP contribution in [0, 0.1) is 0 Å². The van der Waals surface area contributed by atoms with E-state index in [-0.39, 0.29) is 5.91 Å². The lowest BCUT2D eigenvalue weighted by Crippen LogP contribution is -2.44. The van der Waals surface area contributed by atoms with Crippen LogP contribution in [0.1, 0.15) is 35.3 Å². The van der Waals surface area contributed by atoms with Gasteiger partial charge in [-0.25, -0.2) is 4.98 Å². The minimum absolute atomic E-state index is 0.0990. The summed E-state index contributed by atoms with van der Waals surface area (Å²) in [7, 11) is 2.14. The molecule has 5 nitrogen and oxygen atoms in total. The lowest BCUT2D eigenvalue weighted by molar-refractivity contribution is 0.102. The van der Waals surface area contributed by atoms with Crippen LogP contribution in [0.5, 0.6) is 0 Å². The zero-order chi connectivity index (χ0) is 18.5. The fourth-order valence-corrected chi connectivity index (χ4v) is 3.33. The van der Waals surface area contributed by atoms with Crippen molar-refractivity contribution in [3.8, 4) is 0 Å². The number of aryl methyl sites for hydroxylation is 2. The summed E-state index contributed by atoms with van der Waals surface area (Å²) >= 11 is 0. The van der Waals surface area contributed by atoms with E-state index in [0.717, 1.165) is 50.5 Å². The highest BCUT2D eigenvalue weighted by atomic mass is 16.1. The average Bonchev–Trinajstić information content (AvgIpc) is 2.68. The molecule has 1 aliphatic rings. The van der Waals surface area contributed by atoms with Crippen molar-refractivity contribution in [2.75, 3.05) is 43.4 Å². The van der Waals surface area contributed by atoms with Gasteiger partial charge in [-0.2, -0.15) is 0 Å². The van der Waals surface area contributed by atoms with E-state index in [1.165, 1.54) is 11.1 Å². The summed E-state index contributed by atoms with van der Waals surface area (Å²) in [5.41, 5.74) is 3.88. The van der Waals surface area contributed by atoms with Crippen molar-refractivity contribution in [1.82, 2.24) is 9.88 Å². The summed E-state index contributed by atoms with van der Waals surface area (Å²) in [5.74, 6) is 0.843. The quantitative estimate of drug-likeness (QED) is 0.898. The number of nitrogens with one attached hydrogen (secondary N) is 1. The lowest BCUT2D eigenvalue weighted by Gasteiger charge is -2.33. The molecule has 1 fully saturated rings. The van der Waals surface area contributed by atoms with Crippen molar-refractivity contribution in [1.29, 1.82) is 0 Å². The summed E-state index contributed by atoms with van der Waals surface area (Å²) in [5, 5.41) is 3.10. The van der Waals surface area contributed by atoms with Gasteiger partial charge in [0.05, 0.1) is 5.56 Å². The molecule has 1 aromatic heterocycles. The maximum atomic E-state index is 12.7. The number of benzene rings is 1. The third-order valence-corrected chi connectivity index (χ3v) is 5.07. The topological polar surface area (TPSA) is 48.5 Å². The molecule has 26 heavy (non-hydrogen) atoms. The molecule has 1 aliphatic heterocycles. The summed E-state index contributed by atoms with van der Waals surface area (Å²) in [6.07, 6.45) is 3.47. The second-order valence-electron chi connectivity index (χ2n) is 6.81. The van der Waals surface area contributed by atoms with Crippen molar-refractivity contribution < 1.29 is 4.79 Å². The zero-order valence-corrected chi connectivity index (χ0v) is 16.0. The molecule has 0 radical (unpaired) electrons. The Morgan fingerprint density at radius 2 is 1.69 bits per heavy atom. The van der Waals surface area contributed by atoms with Gasteiger partial charge in [0.2, 0.25) is 0 Å². The molecule has 2 heterocycles. The van der Waals surface area contributed by atoms with Gasteiger partial charge in [0.25, 0.3) is 5.91 Å². The van der Waals surface area contributed by atoms with Gasteiger partial charge < -0.3 is 15.1 Å². The zero-order valence-electron chi connectivity index (χ0n) is 16.0. The monoisotopic (exact) mass is 352 g/mol. The van der Waals surface area contributed by atoms with E-state index in [0.29, 0.717) is 5.56 Å². The minimum atomic E-state index is -0.0990. The van der Waals surface area contributed by atoms with E-state index in [1.807, 2.05) is 12.1 Å². The Balaban J connectivity index is 1.73. The van der Waals surface area contributed by atoms with E-state index in [1.54, 1.807) is 6.20 Å². The molecule has 1 N–H and O–H groups in total. The number of anilines is 2. The maximum absolute atomic E-state index is 12.7. The SMILES string of the molecule is CCc1cccc(CC)c1NC(=O)c1ccc(N2CCN(C)CC2)nc1. The number of hydrogen-bond donors (Lipinski definition) is 1. The first-order valence-electron chi connectivity index (χ1n) is 9.44. The van der Waals surface area contributed by atoms with Gasteiger partial charge in [-0.3, -0.25) is 4.79 Å². The van der Waals surface area contributed by atoms with Gasteiger partial charge in [0.1, 0.15) is 5.82 Å². The number of nitrogens with zero attached hydrogens (tertiary/aromatic N) is 3. The molecule has 1 saturated heterocycles. The maximum Gasteiger partial charge on any atom is 0.257 e. The highest BCUT2D eigenvalue weighted by Crippen LogP contribution is 2.23. The molecule has 3 rings (SSSR count). The normalized spacial score (nSPS) is 15.1. The highest BCUT2D eigenvalue weighted by Gasteiger charge is 2.16. The Kier molecular flexibility index (Phi) is 5.89. The highest BCUT2D eigenvalue weighted by molar-refractivity contribution is 6.05. The van der Waals surface area contributed by atoms with Crippen LogP contribution >= 0.6 is 0 Å². The minimum Gasteiger partial charge on any atom is -0.354 e. The smallest absolute Gasteiger partial charge is 0.257 e.